The molecule has 1 atom stereocenters. The molecule has 5 heteroatoms. The van der Waals surface area contributed by atoms with Crippen LogP contribution in [0.4, 0.5) is 0 Å². The number of hydrogen-bond acceptors (Lipinski definition) is 4. The van der Waals surface area contributed by atoms with E-state index in [1.807, 2.05) is 62.4 Å². The highest BCUT2D eigenvalue weighted by molar-refractivity contribution is 5.79. The van der Waals surface area contributed by atoms with E-state index in [0.717, 1.165) is 27.8 Å². The molecule has 0 aliphatic heterocycles. The Kier molecular flexibility index (Phi) is 5.71. The van der Waals surface area contributed by atoms with Crippen molar-refractivity contribution >= 4 is 10.9 Å². The summed E-state index contributed by atoms with van der Waals surface area (Å²) in [6, 6.07) is 15.5. The molecule has 0 amide bonds. The quantitative estimate of drug-likeness (QED) is 0.611. The Labute approximate surface area is 152 Å². The monoisotopic (exact) mass is 352 g/mol. The van der Waals surface area contributed by atoms with Gasteiger partial charge in [-0.1, -0.05) is 29.3 Å². The number of aromatic amines is 1. The highest BCUT2D eigenvalue weighted by Gasteiger charge is 2.07. The van der Waals surface area contributed by atoms with Crippen LogP contribution in [-0.4, -0.2) is 29.3 Å². The Morgan fingerprint density at radius 3 is 2.58 bits per heavy atom. The van der Waals surface area contributed by atoms with Crippen molar-refractivity contribution in [2.45, 2.75) is 26.5 Å². The molecule has 0 aliphatic carbocycles. The van der Waals surface area contributed by atoms with Gasteiger partial charge in [0.25, 0.3) is 5.56 Å². The Balaban J connectivity index is 1.52. The summed E-state index contributed by atoms with van der Waals surface area (Å²) in [5, 5.41) is 14.2. The number of aryl methyl sites for hydroxylation is 2. The number of aliphatic hydroxyl groups excluding tert-OH is 1. The van der Waals surface area contributed by atoms with Crippen LogP contribution in [-0.2, 0) is 6.54 Å². The molecule has 1 unspecified atom stereocenters. The standard InChI is InChI=1S/C21H24N2O3/c1-14-3-6-19(7-4-14)26-13-18(24)12-22-11-17-10-16-9-15(2)5-8-20(16)23-21(17)25/h3-10,18,22,24H,11-13H2,1-2H3,(H,23,25). The molecule has 3 N–H and O–H groups in total. The number of ether oxygens (including phenoxy) is 1. The Morgan fingerprint density at radius 2 is 1.81 bits per heavy atom. The molecule has 26 heavy (non-hydrogen) atoms. The van der Waals surface area contributed by atoms with Crippen molar-refractivity contribution < 1.29 is 9.84 Å². The SMILES string of the molecule is Cc1ccc(OCC(O)CNCc2cc3cc(C)ccc3[nH]c2=O)cc1. The van der Waals surface area contributed by atoms with Gasteiger partial charge >= 0.3 is 0 Å². The smallest absolute Gasteiger partial charge is 0.252 e. The Bertz CT molecular complexity index is 932. The number of fused-ring (bicyclic) bond motifs is 1. The van der Waals surface area contributed by atoms with Crippen LogP contribution in [0.5, 0.6) is 5.75 Å². The first-order valence-electron chi connectivity index (χ1n) is 8.72. The number of H-pyrrole nitrogens is 1. The van der Waals surface area contributed by atoms with E-state index < -0.39 is 6.10 Å². The molecule has 0 saturated heterocycles. The topological polar surface area (TPSA) is 74.3 Å². The van der Waals surface area contributed by atoms with Crippen molar-refractivity contribution in [3.8, 4) is 5.75 Å². The second kappa shape index (κ2) is 8.17. The average Bonchev–Trinajstić information content (AvgIpc) is 2.62. The lowest BCUT2D eigenvalue weighted by Crippen LogP contribution is -2.32. The Hall–Kier alpha value is -2.63. The molecule has 0 fully saturated rings. The van der Waals surface area contributed by atoms with E-state index in [4.69, 9.17) is 4.74 Å². The lowest BCUT2D eigenvalue weighted by Gasteiger charge is -2.13. The van der Waals surface area contributed by atoms with Gasteiger partial charge in [0.1, 0.15) is 18.5 Å². The predicted molar refractivity (Wildman–Crippen MR) is 104 cm³/mol. The van der Waals surface area contributed by atoms with E-state index in [9.17, 15) is 9.90 Å². The van der Waals surface area contributed by atoms with Gasteiger partial charge in [-0.15, -0.1) is 0 Å². The number of aromatic nitrogens is 1. The third-order valence-corrected chi connectivity index (χ3v) is 4.24. The van der Waals surface area contributed by atoms with Crippen LogP contribution in [0.1, 0.15) is 16.7 Å². The van der Waals surface area contributed by atoms with Crippen molar-refractivity contribution in [3.05, 3.63) is 75.6 Å². The summed E-state index contributed by atoms with van der Waals surface area (Å²) < 4.78 is 5.56. The third-order valence-electron chi connectivity index (χ3n) is 4.24. The summed E-state index contributed by atoms with van der Waals surface area (Å²) in [5.41, 5.74) is 3.67. The van der Waals surface area contributed by atoms with Gasteiger partial charge in [0.05, 0.1) is 0 Å². The maximum absolute atomic E-state index is 12.1. The zero-order valence-electron chi connectivity index (χ0n) is 15.1. The minimum Gasteiger partial charge on any atom is -0.491 e. The van der Waals surface area contributed by atoms with Crippen molar-refractivity contribution in [2.75, 3.05) is 13.2 Å². The minimum atomic E-state index is -0.655. The summed E-state index contributed by atoms with van der Waals surface area (Å²) in [6.07, 6.45) is -0.655. The zero-order chi connectivity index (χ0) is 18.5. The molecule has 1 aromatic heterocycles. The van der Waals surface area contributed by atoms with E-state index in [-0.39, 0.29) is 12.2 Å². The molecule has 0 radical (unpaired) electrons. The molecule has 5 nitrogen and oxygen atoms in total. The van der Waals surface area contributed by atoms with Gasteiger partial charge in [-0.05, 0) is 49.6 Å². The average molecular weight is 352 g/mol. The fraction of sp³-hybridized carbons (Fsp3) is 0.286. The number of nitrogens with one attached hydrogen (secondary N) is 2. The van der Waals surface area contributed by atoms with Crippen LogP contribution in [0.3, 0.4) is 0 Å². The fourth-order valence-corrected chi connectivity index (χ4v) is 2.76. The molecule has 3 rings (SSSR count). The second-order valence-corrected chi connectivity index (χ2v) is 6.62. The molecule has 2 aromatic carbocycles. The molecule has 0 spiro atoms. The highest BCUT2D eigenvalue weighted by Crippen LogP contribution is 2.13. The second-order valence-electron chi connectivity index (χ2n) is 6.62. The van der Waals surface area contributed by atoms with Gasteiger partial charge in [0.15, 0.2) is 0 Å². The molecule has 136 valence electrons. The molecular weight excluding hydrogens is 328 g/mol. The van der Waals surface area contributed by atoms with E-state index in [1.165, 1.54) is 0 Å². The van der Waals surface area contributed by atoms with Gasteiger partial charge in [-0.25, -0.2) is 0 Å². The Morgan fingerprint density at radius 1 is 1.08 bits per heavy atom. The zero-order valence-corrected chi connectivity index (χ0v) is 15.1. The molecule has 1 heterocycles. The molecule has 0 saturated carbocycles. The lowest BCUT2D eigenvalue weighted by molar-refractivity contribution is 0.106. The molecule has 0 bridgehead atoms. The van der Waals surface area contributed by atoms with Gasteiger partial charge in [0, 0.05) is 24.2 Å². The van der Waals surface area contributed by atoms with E-state index in [0.29, 0.717) is 18.7 Å². The van der Waals surface area contributed by atoms with Crippen molar-refractivity contribution in [1.82, 2.24) is 10.3 Å². The van der Waals surface area contributed by atoms with Gasteiger partial charge in [-0.2, -0.15) is 0 Å². The van der Waals surface area contributed by atoms with Gasteiger partial charge in [-0.3, -0.25) is 4.79 Å². The predicted octanol–water partition coefficient (Wildman–Crippen LogP) is 2.67. The summed E-state index contributed by atoms with van der Waals surface area (Å²) in [6.45, 7) is 4.96. The molecule has 3 aromatic rings. The number of rotatable bonds is 7. The van der Waals surface area contributed by atoms with Gasteiger partial charge in [0.2, 0.25) is 0 Å². The lowest BCUT2D eigenvalue weighted by atomic mass is 10.1. The number of pyridine rings is 1. The van der Waals surface area contributed by atoms with Crippen molar-refractivity contribution in [1.29, 1.82) is 0 Å². The van der Waals surface area contributed by atoms with Crippen LogP contribution < -0.4 is 15.6 Å². The summed E-state index contributed by atoms with van der Waals surface area (Å²) in [7, 11) is 0. The van der Waals surface area contributed by atoms with Crippen LogP contribution in [0, 0.1) is 13.8 Å². The van der Waals surface area contributed by atoms with Crippen LogP contribution in [0.25, 0.3) is 10.9 Å². The van der Waals surface area contributed by atoms with Crippen LogP contribution >= 0.6 is 0 Å². The molecular formula is C21H24N2O3. The van der Waals surface area contributed by atoms with Crippen LogP contribution in [0.15, 0.2) is 53.3 Å². The number of hydrogen-bond donors (Lipinski definition) is 3. The minimum absolute atomic E-state index is 0.112. The van der Waals surface area contributed by atoms with Crippen LogP contribution in [0.2, 0.25) is 0 Å². The number of benzene rings is 2. The maximum atomic E-state index is 12.1. The summed E-state index contributed by atoms with van der Waals surface area (Å²) >= 11 is 0. The van der Waals surface area contributed by atoms with E-state index in [1.54, 1.807) is 0 Å². The number of aliphatic hydroxyl groups is 1. The summed E-state index contributed by atoms with van der Waals surface area (Å²) in [4.78, 5) is 15.0. The first-order chi connectivity index (χ1) is 12.5. The fourth-order valence-electron chi connectivity index (χ4n) is 2.76. The summed E-state index contributed by atoms with van der Waals surface area (Å²) in [5.74, 6) is 0.732. The maximum Gasteiger partial charge on any atom is 0.252 e. The third kappa shape index (κ3) is 4.71. The van der Waals surface area contributed by atoms with Crippen molar-refractivity contribution in [3.63, 3.8) is 0 Å². The normalized spacial score (nSPS) is 12.3. The first kappa shape index (κ1) is 18.2. The largest absolute Gasteiger partial charge is 0.491 e. The van der Waals surface area contributed by atoms with Crippen molar-refractivity contribution in [2.24, 2.45) is 0 Å². The molecule has 0 aliphatic rings. The van der Waals surface area contributed by atoms with E-state index >= 15 is 0 Å². The highest BCUT2D eigenvalue weighted by atomic mass is 16.5. The van der Waals surface area contributed by atoms with Gasteiger partial charge < -0.3 is 20.1 Å². The first-order valence-corrected chi connectivity index (χ1v) is 8.72. The van der Waals surface area contributed by atoms with E-state index in [2.05, 4.69) is 10.3 Å².